The zero-order chi connectivity index (χ0) is 16.1. The third kappa shape index (κ3) is 4.02. The molecule has 0 fully saturated rings. The molecule has 116 valence electrons. The molecule has 0 aromatic heterocycles. The van der Waals surface area contributed by atoms with Gasteiger partial charge in [-0.1, -0.05) is 24.3 Å². The van der Waals surface area contributed by atoms with Crippen LogP contribution in [0.3, 0.4) is 0 Å². The van der Waals surface area contributed by atoms with Crippen LogP contribution in [0.25, 0.3) is 0 Å². The quantitative estimate of drug-likeness (QED) is 0.812. The van der Waals surface area contributed by atoms with E-state index in [1.165, 1.54) is 0 Å². The van der Waals surface area contributed by atoms with Gasteiger partial charge in [0.05, 0.1) is 11.8 Å². The Balaban J connectivity index is 1.93. The summed E-state index contributed by atoms with van der Waals surface area (Å²) in [6.07, 6.45) is -0.885. The van der Waals surface area contributed by atoms with E-state index in [-0.39, 0.29) is 12.2 Å². The average Bonchev–Trinajstić information content (AvgIpc) is 2.49. The number of anilines is 1. The van der Waals surface area contributed by atoms with Gasteiger partial charge in [-0.25, -0.2) is 13.6 Å². The summed E-state index contributed by atoms with van der Waals surface area (Å²) >= 11 is 0. The molecule has 0 spiro atoms. The van der Waals surface area contributed by atoms with E-state index < -0.39 is 23.8 Å². The topological polar surface area (TPSA) is 61.4 Å². The van der Waals surface area contributed by atoms with Crippen molar-refractivity contribution in [2.24, 2.45) is 0 Å². The number of aliphatic hydroxyl groups is 1. The molecule has 2 aromatic rings. The van der Waals surface area contributed by atoms with E-state index in [1.54, 1.807) is 12.1 Å². The SMILES string of the molecule is Cc1ccccc1C(O)CNC(=O)Nc1cc(F)ccc1F. The third-order valence-electron chi connectivity index (χ3n) is 3.18. The minimum absolute atomic E-state index is 0.0480. The maximum Gasteiger partial charge on any atom is 0.319 e. The average molecular weight is 306 g/mol. The van der Waals surface area contributed by atoms with Gasteiger partial charge in [-0.3, -0.25) is 0 Å². The van der Waals surface area contributed by atoms with Crippen LogP contribution in [-0.2, 0) is 0 Å². The zero-order valence-electron chi connectivity index (χ0n) is 11.9. The molecule has 4 nitrogen and oxygen atoms in total. The highest BCUT2D eigenvalue weighted by atomic mass is 19.1. The standard InChI is InChI=1S/C16H16F2N2O2/c1-10-4-2-3-5-12(10)15(21)9-19-16(22)20-14-8-11(17)6-7-13(14)18/h2-8,15,21H,9H2,1H3,(H2,19,20,22). The minimum Gasteiger partial charge on any atom is -0.387 e. The van der Waals surface area contributed by atoms with Crippen molar-refractivity contribution in [3.8, 4) is 0 Å². The van der Waals surface area contributed by atoms with E-state index in [4.69, 9.17) is 0 Å². The maximum absolute atomic E-state index is 13.4. The number of amides is 2. The van der Waals surface area contributed by atoms with Gasteiger partial charge in [0.25, 0.3) is 0 Å². The van der Waals surface area contributed by atoms with E-state index in [0.29, 0.717) is 5.56 Å². The van der Waals surface area contributed by atoms with Crippen LogP contribution in [0, 0.1) is 18.6 Å². The lowest BCUT2D eigenvalue weighted by Gasteiger charge is -2.15. The number of carbonyl (C=O) groups excluding carboxylic acids is 1. The second-order valence-corrected chi connectivity index (χ2v) is 4.83. The fraction of sp³-hybridized carbons (Fsp3) is 0.188. The summed E-state index contributed by atoms with van der Waals surface area (Å²) in [6, 6.07) is 9.27. The van der Waals surface area contributed by atoms with E-state index in [9.17, 15) is 18.7 Å². The number of halogens is 2. The molecule has 2 aromatic carbocycles. The Labute approximate surface area is 126 Å². The molecule has 22 heavy (non-hydrogen) atoms. The molecule has 2 amide bonds. The van der Waals surface area contributed by atoms with Crippen molar-refractivity contribution >= 4 is 11.7 Å². The van der Waals surface area contributed by atoms with Gasteiger partial charge in [-0.2, -0.15) is 0 Å². The first-order valence-electron chi connectivity index (χ1n) is 6.71. The van der Waals surface area contributed by atoms with Crippen molar-refractivity contribution in [1.82, 2.24) is 5.32 Å². The second-order valence-electron chi connectivity index (χ2n) is 4.83. The van der Waals surface area contributed by atoms with E-state index >= 15 is 0 Å². The van der Waals surface area contributed by atoms with Crippen LogP contribution in [0.4, 0.5) is 19.3 Å². The number of hydrogen-bond donors (Lipinski definition) is 3. The third-order valence-corrected chi connectivity index (χ3v) is 3.18. The molecule has 0 aliphatic heterocycles. The van der Waals surface area contributed by atoms with Crippen LogP contribution >= 0.6 is 0 Å². The molecule has 0 saturated carbocycles. The lowest BCUT2D eigenvalue weighted by Crippen LogP contribution is -2.32. The van der Waals surface area contributed by atoms with Crippen LogP contribution in [0.15, 0.2) is 42.5 Å². The number of aryl methyl sites for hydroxylation is 1. The number of rotatable bonds is 4. The lowest BCUT2D eigenvalue weighted by atomic mass is 10.0. The Hall–Kier alpha value is -2.47. The van der Waals surface area contributed by atoms with Crippen molar-refractivity contribution < 1.29 is 18.7 Å². The monoisotopic (exact) mass is 306 g/mol. The molecule has 6 heteroatoms. The van der Waals surface area contributed by atoms with Crippen LogP contribution in [0.1, 0.15) is 17.2 Å². The van der Waals surface area contributed by atoms with Gasteiger partial charge in [-0.15, -0.1) is 0 Å². The summed E-state index contributed by atoms with van der Waals surface area (Å²) in [5, 5.41) is 14.6. The predicted molar refractivity (Wildman–Crippen MR) is 79.5 cm³/mol. The first-order valence-corrected chi connectivity index (χ1v) is 6.71. The van der Waals surface area contributed by atoms with Crippen molar-refractivity contribution in [2.45, 2.75) is 13.0 Å². The van der Waals surface area contributed by atoms with Gasteiger partial charge < -0.3 is 15.7 Å². The van der Waals surface area contributed by atoms with Crippen molar-refractivity contribution in [3.63, 3.8) is 0 Å². The lowest BCUT2D eigenvalue weighted by molar-refractivity contribution is 0.174. The summed E-state index contributed by atoms with van der Waals surface area (Å²) in [7, 11) is 0. The largest absolute Gasteiger partial charge is 0.387 e. The maximum atomic E-state index is 13.4. The summed E-state index contributed by atoms with van der Waals surface area (Å²) in [5.74, 6) is -1.40. The smallest absolute Gasteiger partial charge is 0.319 e. The van der Waals surface area contributed by atoms with Gasteiger partial charge in [0, 0.05) is 12.6 Å². The molecule has 1 unspecified atom stereocenters. The van der Waals surface area contributed by atoms with E-state index in [0.717, 1.165) is 23.8 Å². The van der Waals surface area contributed by atoms with Crippen LogP contribution in [-0.4, -0.2) is 17.7 Å². The minimum atomic E-state index is -0.885. The Morgan fingerprint density at radius 1 is 1.23 bits per heavy atom. The number of hydrogen-bond acceptors (Lipinski definition) is 2. The molecule has 0 aliphatic rings. The van der Waals surface area contributed by atoms with Gasteiger partial charge in [0.15, 0.2) is 0 Å². The highest BCUT2D eigenvalue weighted by Crippen LogP contribution is 2.17. The van der Waals surface area contributed by atoms with Gasteiger partial charge in [-0.05, 0) is 30.2 Å². The Kier molecular flexibility index (Phi) is 5.06. The molecule has 0 saturated heterocycles. The summed E-state index contributed by atoms with van der Waals surface area (Å²) < 4.78 is 26.4. The summed E-state index contributed by atoms with van der Waals surface area (Å²) in [4.78, 5) is 11.7. The van der Waals surface area contributed by atoms with Gasteiger partial charge >= 0.3 is 6.03 Å². The summed E-state index contributed by atoms with van der Waals surface area (Å²) in [5.41, 5.74) is 1.33. The molecule has 0 aliphatic carbocycles. The molecule has 1 atom stereocenters. The zero-order valence-corrected chi connectivity index (χ0v) is 11.9. The van der Waals surface area contributed by atoms with Crippen molar-refractivity contribution in [2.75, 3.05) is 11.9 Å². The number of benzene rings is 2. The van der Waals surface area contributed by atoms with Crippen molar-refractivity contribution in [3.05, 3.63) is 65.2 Å². The Bertz CT molecular complexity index is 677. The normalized spacial score (nSPS) is 11.8. The van der Waals surface area contributed by atoms with E-state index in [1.807, 2.05) is 19.1 Å². The molecule has 0 radical (unpaired) electrons. The van der Waals surface area contributed by atoms with Gasteiger partial charge in [0.1, 0.15) is 11.6 Å². The Morgan fingerprint density at radius 3 is 2.68 bits per heavy atom. The van der Waals surface area contributed by atoms with Crippen LogP contribution in [0.5, 0.6) is 0 Å². The molecular weight excluding hydrogens is 290 g/mol. The highest BCUT2D eigenvalue weighted by molar-refractivity contribution is 5.89. The molecular formula is C16H16F2N2O2. The fourth-order valence-corrected chi connectivity index (χ4v) is 2.02. The van der Waals surface area contributed by atoms with Crippen LogP contribution < -0.4 is 10.6 Å². The summed E-state index contributed by atoms with van der Waals surface area (Å²) in [6.45, 7) is 1.80. The van der Waals surface area contributed by atoms with Crippen molar-refractivity contribution in [1.29, 1.82) is 0 Å². The molecule has 3 N–H and O–H groups in total. The second kappa shape index (κ2) is 7.00. The highest BCUT2D eigenvalue weighted by Gasteiger charge is 2.12. The number of nitrogens with one attached hydrogen (secondary N) is 2. The molecule has 2 rings (SSSR count). The molecule has 0 bridgehead atoms. The van der Waals surface area contributed by atoms with Crippen LogP contribution in [0.2, 0.25) is 0 Å². The van der Waals surface area contributed by atoms with Gasteiger partial charge in [0.2, 0.25) is 0 Å². The first-order chi connectivity index (χ1) is 10.5. The fourth-order valence-electron chi connectivity index (χ4n) is 2.02. The Morgan fingerprint density at radius 2 is 1.95 bits per heavy atom. The molecule has 0 heterocycles. The van der Waals surface area contributed by atoms with E-state index in [2.05, 4.69) is 10.6 Å². The number of urea groups is 1. The number of carbonyl (C=O) groups is 1. The number of aliphatic hydroxyl groups excluding tert-OH is 1. The first kappa shape index (κ1) is 15.9. The predicted octanol–water partition coefficient (Wildman–Crippen LogP) is 3.13.